The third-order valence-corrected chi connectivity index (χ3v) is 18.5. The number of carbonyl (C=O) groups excluding carboxylic acids is 3. The number of nitrogens with zero attached hydrogens (tertiary/aromatic N) is 14. The summed E-state index contributed by atoms with van der Waals surface area (Å²) in [7, 11) is 3.49. The molecule has 40 heteroatoms. The van der Waals surface area contributed by atoms with E-state index in [2.05, 4.69) is 75.1 Å². The van der Waals surface area contributed by atoms with E-state index in [1.807, 2.05) is 45.6 Å². The van der Waals surface area contributed by atoms with Crippen LogP contribution in [0.3, 0.4) is 0 Å². The number of anilines is 3. The average Bonchev–Trinajstić information content (AvgIpc) is 1.62. The number of amides is 3. The molecule has 5 N–H and O–H groups in total. The number of benzene rings is 3. The molecule has 3 saturated heterocycles. The second kappa shape index (κ2) is 42.4. The Morgan fingerprint density at radius 3 is 1.17 bits per heavy atom. The van der Waals surface area contributed by atoms with E-state index in [1.54, 1.807) is 106 Å². The largest absolute Gasteiger partial charge is 1.00 e. The molecule has 0 radical (unpaired) electrons. The van der Waals surface area contributed by atoms with Gasteiger partial charge in [-0.3, -0.25) is 33.0 Å². The average molecular weight is 1630 g/mol. The summed E-state index contributed by atoms with van der Waals surface area (Å²) in [5.41, 5.74) is 2.90. The number of aliphatic hydroxyl groups is 1. The van der Waals surface area contributed by atoms with Crippen molar-refractivity contribution in [3.8, 4) is 0 Å². The van der Waals surface area contributed by atoms with Crippen molar-refractivity contribution in [1.82, 2.24) is 63.5 Å². The number of imidazole rings is 3. The van der Waals surface area contributed by atoms with Gasteiger partial charge in [-0.05, 0) is 70.5 Å². The van der Waals surface area contributed by atoms with Crippen LogP contribution in [0.15, 0.2) is 129 Å². The number of carbonyl (C=O) groups is 3. The van der Waals surface area contributed by atoms with Crippen molar-refractivity contribution in [1.29, 1.82) is 0 Å². The van der Waals surface area contributed by atoms with Gasteiger partial charge in [-0.1, -0.05) is 89.7 Å². The zero-order chi connectivity index (χ0) is 80.6. The van der Waals surface area contributed by atoms with Crippen molar-refractivity contribution in [2.45, 2.75) is 161 Å². The molecule has 6 aromatic heterocycles. The maximum absolute atomic E-state index is 14.9. The normalized spacial score (nSPS) is 21.7. The molecule has 0 spiro atoms. The van der Waals surface area contributed by atoms with E-state index < -0.39 is 117 Å². The van der Waals surface area contributed by atoms with Crippen LogP contribution in [0, 0.1) is 24.3 Å². The van der Waals surface area contributed by atoms with Crippen LogP contribution >= 0.6 is 0 Å². The number of aliphatic hydroxyl groups excluding tert-OH is 1. The van der Waals surface area contributed by atoms with Crippen molar-refractivity contribution in [2.75, 3.05) is 83.5 Å². The first kappa shape index (κ1) is 93.4. The minimum absolute atomic E-state index is 0. The first-order valence-corrected chi connectivity index (χ1v) is 35.8. The van der Waals surface area contributed by atoms with Crippen molar-refractivity contribution in [3.63, 3.8) is 0 Å². The fraction of sp³-hybridized carbons (Fsp3) is 0.507. The van der Waals surface area contributed by atoms with E-state index in [-0.39, 0.29) is 139 Å². The molecule has 0 saturated carbocycles. The predicted molar refractivity (Wildman–Crippen MR) is 399 cm³/mol. The standard InChI is InChI=1S/C31H41F2N7O6.C22H25F2N5O4.C21H23F2N5O5.CH4.Na.H2O/c1-19(2)40(20(3)4)30(43-14-13-34-6)44-15-23-21(5)25(46-31(32,33)16-42-7)29(45-23)39-18-37-24-26(35-17-36-27(24)39)38-28(41)22-11-9-8-10-12-22;1-4-15-13(2)17(33-22(23,24)10-31-3)21(32-15)29-12-27-16-18(25-11-26-19(16)29)28-20(30)14-8-6-5-7-9-14;1-12-14(8-29)32-20(16(12)33-21(22,23)9-31-2)28-11-26-15-17(24-10-25-18(15)28)27-19(30)13-6-4-3-5-7-13;;;/h8-12,17-21,23,25,29-30H,13-16H2,1-5,7H3,(H,35,36,38,41);5-9,11-13,15,17,21H,4,10H2,1-3H3,(H,25,26,28,30);3-7,10-12,14,16,20,29H,8-9H2,1-2H3,(H,24,25,27,30);1H4;;1H2/q;;;;+1;/p-1/t21-,23-,25-,29-,30?;13-,15-,17-,21-;12-,14-,16-,20-;;;/m111.../s1. The monoisotopic (exact) mass is 1630 g/mol. The summed E-state index contributed by atoms with van der Waals surface area (Å²) in [6.07, 6.45) is -11.1. The fourth-order valence-corrected chi connectivity index (χ4v) is 13.2. The predicted octanol–water partition coefficient (Wildman–Crippen LogP) is 7.93. The van der Waals surface area contributed by atoms with Gasteiger partial charge in [0.25, 0.3) is 17.7 Å². The molecule has 1 unspecified atom stereocenters. The van der Waals surface area contributed by atoms with Gasteiger partial charge in [0.05, 0.1) is 50.5 Å². The van der Waals surface area contributed by atoms with Crippen molar-refractivity contribution in [3.05, 3.63) is 157 Å². The SMILES string of the molecule is C.CC[C@H]1O[C@@H](n2cnc3c(NC(=O)c4ccccc4)ncnc32)[C@H](OC(F)(F)COC)[C@@H]1C.COCC(F)(F)O[C@@H]1[C@H](C)[C@@H](CO)O[C@H]1n1cnc2c(NC(=O)c3ccccc3)ncnc21.[C-]#[N+]CCOC(OC[C@H]1O[C@@H](n2cnc3c(NC(=O)c4ccccc4)ncnc32)[C@H](OC(F)(F)COC)[C@@H]1C)N(C(C)C)C(C)C.[Na+].[OH-]. The van der Waals surface area contributed by atoms with Crippen LogP contribution in [-0.4, -0.2) is 233 Å². The molecule has 3 aliphatic rings. The van der Waals surface area contributed by atoms with E-state index in [4.69, 9.17) is 49.2 Å². The van der Waals surface area contributed by atoms with Gasteiger partial charge in [-0.25, -0.2) is 51.4 Å². The summed E-state index contributed by atoms with van der Waals surface area (Å²) in [6.45, 7) is 19.4. The van der Waals surface area contributed by atoms with Crippen molar-refractivity contribution >= 4 is 68.7 Å². The molecule has 618 valence electrons. The number of ether oxygens (including phenoxy) is 11. The van der Waals surface area contributed by atoms with Crippen LogP contribution in [0.25, 0.3) is 38.3 Å². The molecule has 115 heavy (non-hydrogen) atoms. The quantitative estimate of drug-likeness (QED) is 0.0102. The summed E-state index contributed by atoms with van der Waals surface area (Å²) < 4.78 is 151. The Balaban J connectivity index is 0.000000240. The number of halogens is 6. The Hall–Kier alpha value is -8.77. The van der Waals surface area contributed by atoms with Gasteiger partial charge < -0.3 is 83.5 Å². The molecule has 13 atom stereocenters. The van der Waals surface area contributed by atoms with Gasteiger partial charge >= 0.3 is 47.9 Å². The number of hydrogen-bond donors (Lipinski definition) is 4. The molecule has 3 amide bonds. The molecule has 3 fully saturated rings. The minimum Gasteiger partial charge on any atom is -0.870 e. The number of hydrogen-bond acceptors (Lipinski definition) is 26. The number of rotatable bonds is 32. The molecular weight excluding hydrogens is 1530 g/mol. The van der Waals surface area contributed by atoms with Crippen LogP contribution in [0.1, 0.15) is 119 Å². The van der Waals surface area contributed by atoms with E-state index in [0.717, 1.165) is 14.2 Å². The Bertz CT molecular complexity index is 4420. The van der Waals surface area contributed by atoms with E-state index >= 15 is 0 Å². The van der Waals surface area contributed by atoms with Gasteiger partial charge in [0, 0.05) is 67.9 Å². The second-order valence-electron chi connectivity index (χ2n) is 26.9. The Labute approximate surface area is 681 Å². The maximum atomic E-state index is 14.9. The smallest absolute Gasteiger partial charge is 0.870 e. The molecule has 9 heterocycles. The first-order valence-electron chi connectivity index (χ1n) is 35.8. The molecule has 3 aromatic carbocycles. The molecule has 0 bridgehead atoms. The Kier molecular flexibility index (Phi) is 34.4. The van der Waals surface area contributed by atoms with Gasteiger partial charge in [0.15, 0.2) is 69.6 Å². The van der Waals surface area contributed by atoms with Gasteiger partial charge in [0.1, 0.15) is 63.7 Å². The summed E-state index contributed by atoms with van der Waals surface area (Å²) in [5.74, 6) is -2.14. The second-order valence-corrected chi connectivity index (χ2v) is 26.9. The molecule has 0 aliphatic carbocycles. The third kappa shape index (κ3) is 22.9. The summed E-state index contributed by atoms with van der Waals surface area (Å²) >= 11 is 0. The zero-order valence-electron chi connectivity index (χ0n) is 64.6. The molecule has 9 aromatic rings. The number of aromatic nitrogens is 12. The first-order chi connectivity index (χ1) is 53.7. The van der Waals surface area contributed by atoms with Crippen molar-refractivity contribution in [2.24, 2.45) is 17.8 Å². The number of alkyl halides is 6. The van der Waals surface area contributed by atoms with Gasteiger partial charge in [0.2, 0.25) is 13.0 Å². The minimum atomic E-state index is -3.62. The topological polar surface area (TPSA) is 377 Å². The van der Waals surface area contributed by atoms with Gasteiger partial charge in [-0.15, -0.1) is 0 Å². The Morgan fingerprint density at radius 2 is 0.852 bits per heavy atom. The number of nitrogens with one attached hydrogen (secondary N) is 3. The summed E-state index contributed by atoms with van der Waals surface area (Å²) in [5, 5.41) is 17.8. The maximum Gasteiger partial charge on any atom is 1.00 e. The van der Waals surface area contributed by atoms with Crippen LogP contribution in [0.5, 0.6) is 0 Å². The van der Waals surface area contributed by atoms with Gasteiger partial charge in [-0.2, -0.15) is 26.3 Å². The van der Waals surface area contributed by atoms with Crippen LogP contribution in [0.4, 0.5) is 43.8 Å². The molecular formula is C75H94F6N17NaO16. The molecule has 33 nitrogen and oxygen atoms in total. The van der Waals surface area contributed by atoms with Crippen LogP contribution in [0.2, 0.25) is 0 Å². The van der Waals surface area contributed by atoms with Crippen LogP contribution in [-0.2, 0) is 52.1 Å². The van der Waals surface area contributed by atoms with E-state index in [9.17, 15) is 45.8 Å². The van der Waals surface area contributed by atoms with Crippen LogP contribution < -0.4 is 45.5 Å². The fourth-order valence-electron chi connectivity index (χ4n) is 13.2. The van der Waals surface area contributed by atoms with E-state index in [1.165, 1.54) is 58.8 Å². The summed E-state index contributed by atoms with van der Waals surface area (Å²) in [4.78, 5) is 81.5. The number of fused-ring (bicyclic) bond motifs is 3. The summed E-state index contributed by atoms with van der Waals surface area (Å²) in [6, 6.07) is 25.9. The third-order valence-electron chi connectivity index (χ3n) is 18.5. The molecule has 12 rings (SSSR count). The molecule has 3 aliphatic heterocycles. The number of methoxy groups -OCH3 is 3. The van der Waals surface area contributed by atoms with Crippen molar-refractivity contribution < 1.29 is 133 Å². The zero-order valence-corrected chi connectivity index (χ0v) is 66.6. The Morgan fingerprint density at radius 1 is 0.530 bits per heavy atom. The van der Waals surface area contributed by atoms with E-state index in [0.29, 0.717) is 34.3 Å².